The van der Waals surface area contributed by atoms with Crippen molar-refractivity contribution in [3.8, 4) is 0 Å². The SMILES string of the molecule is Nc1cccc(F)c1CS(=O)c1cccs1. The highest BCUT2D eigenvalue weighted by molar-refractivity contribution is 7.86. The van der Waals surface area contributed by atoms with Gasteiger partial charge in [0.15, 0.2) is 0 Å². The van der Waals surface area contributed by atoms with Crippen LogP contribution in [0.15, 0.2) is 39.9 Å². The molecule has 0 amide bonds. The molecule has 1 heterocycles. The van der Waals surface area contributed by atoms with Gasteiger partial charge < -0.3 is 5.73 Å². The zero-order valence-corrected chi connectivity index (χ0v) is 9.98. The number of benzene rings is 1. The molecule has 0 bridgehead atoms. The third-order valence-electron chi connectivity index (χ3n) is 2.15. The molecule has 2 N–H and O–H groups in total. The molecule has 0 saturated heterocycles. The molecule has 5 heteroatoms. The van der Waals surface area contributed by atoms with E-state index in [1.807, 2.05) is 11.4 Å². The van der Waals surface area contributed by atoms with Crippen LogP contribution < -0.4 is 5.73 Å². The Kier molecular flexibility index (Phi) is 3.36. The summed E-state index contributed by atoms with van der Waals surface area (Å²) in [5.74, 6) is -0.274. The second-order valence-electron chi connectivity index (χ2n) is 3.23. The first-order valence-electron chi connectivity index (χ1n) is 4.63. The molecule has 2 aromatic rings. The van der Waals surface area contributed by atoms with Crippen molar-refractivity contribution in [1.29, 1.82) is 0 Å². The molecular weight excluding hydrogens is 245 g/mol. The third-order valence-corrected chi connectivity index (χ3v) is 4.79. The molecule has 0 aliphatic carbocycles. The van der Waals surface area contributed by atoms with E-state index in [4.69, 9.17) is 5.73 Å². The minimum absolute atomic E-state index is 0.124. The number of nitrogen functional groups attached to an aromatic ring is 1. The Labute approximate surface area is 99.4 Å². The maximum absolute atomic E-state index is 13.4. The Balaban J connectivity index is 2.25. The van der Waals surface area contributed by atoms with Crippen molar-refractivity contribution >= 4 is 27.8 Å². The van der Waals surface area contributed by atoms with Gasteiger partial charge in [-0.05, 0) is 23.6 Å². The molecule has 0 spiro atoms. The van der Waals surface area contributed by atoms with E-state index in [2.05, 4.69) is 0 Å². The monoisotopic (exact) mass is 255 g/mol. The molecule has 1 aromatic heterocycles. The van der Waals surface area contributed by atoms with Gasteiger partial charge in [-0.2, -0.15) is 0 Å². The van der Waals surface area contributed by atoms with Crippen molar-refractivity contribution in [3.63, 3.8) is 0 Å². The van der Waals surface area contributed by atoms with Crippen molar-refractivity contribution in [3.05, 3.63) is 47.1 Å². The standard InChI is InChI=1S/C11H10FNOS2/c12-9-3-1-4-10(13)8(9)7-16(14)11-5-2-6-15-11/h1-6H,7,13H2. The van der Waals surface area contributed by atoms with Gasteiger partial charge in [-0.25, -0.2) is 4.39 Å². The summed E-state index contributed by atoms with van der Waals surface area (Å²) in [5.41, 5.74) is 6.33. The first-order chi connectivity index (χ1) is 7.68. The van der Waals surface area contributed by atoms with E-state index < -0.39 is 16.6 Å². The number of rotatable bonds is 3. The molecule has 0 aliphatic rings. The fourth-order valence-corrected chi connectivity index (χ4v) is 3.48. The van der Waals surface area contributed by atoms with E-state index in [9.17, 15) is 8.60 Å². The van der Waals surface area contributed by atoms with Crippen molar-refractivity contribution in [2.45, 2.75) is 9.96 Å². The number of hydrogen-bond donors (Lipinski definition) is 1. The lowest BCUT2D eigenvalue weighted by molar-refractivity contribution is 0.616. The average molecular weight is 255 g/mol. The van der Waals surface area contributed by atoms with Gasteiger partial charge in [0.1, 0.15) is 5.82 Å². The summed E-state index contributed by atoms with van der Waals surface area (Å²) in [4.78, 5) is 0. The Morgan fingerprint density at radius 2 is 2.12 bits per heavy atom. The van der Waals surface area contributed by atoms with Gasteiger partial charge in [-0.15, -0.1) is 11.3 Å². The van der Waals surface area contributed by atoms with Gasteiger partial charge in [0.2, 0.25) is 0 Å². The topological polar surface area (TPSA) is 43.1 Å². The summed E-state index contributed by atoms with van der Waals surface area (Å²) in [6.07, 6.45) is 0. The van der Waals surface area contributed by atoms with Crippen molar-refractivity contribution in [2.24, 2.45) is 0 Å². The molecule has 2 nitrogen and oxygen atoms in total. The Morgan fingerprint density at radius 3 is 2.75 bits per heavy atom. The minimum Gasteiger partial charge on any atom is -0.398 e. The van der Waals surface area contributed by atoms with Crippen LogP contribution in [0.4, 0.5) is 10.1 Å². The van der Waals surface area contributed by atoms with E-state index in [0.717, 1.165) is 4.21 Å². The quantitative estimate of drug-likeness (QED) is 0.857. The zero-order valence-electron chi connectivity index (χ0n) is 8.35. The van der Waals surface area contributed by atoms with E-state index in [-0.39, 0.29) is 5.75 Å². The zero-order chi connectivity index (χ0) is 11.5. The summed E-state index contributed by atoms with van der Waals surface area (Å²) in [7, 11) is -1.23. The highest BCUT2D eigenvalue weighted by atomic mass is 32.2. The summed E-state index contributed by atoms with van der Waals surface area (Å²) < 4.78 is 26.1. The molecular formula is C11H10FNOS2. The number of anilines is 1. The molecule has 0 fully saturated rings. The molecule has 0 aliphatic heterocycles. The van der Waals surface area contributed by atoms with Crippen LogP contribution in [0.2, 0.25) is 0 Å². The molecule has 16 heavy (non-hydrogen) atoms. The molecule has 84 valence electrons. The fraction of sp³-hybridized carbons (Fsp3) is 0.0909. The largest absolute Gasteiger partial charge is 0.398 e. The van der Waals surface area contributed by atoms with Crippen molar-refractivity contribution < 1.29 is 8.60 Å². The maximum atomic E-state index is 13.4. The van der Waals surface area contributed by atoms with Crippen LogP contribution in [-0.2, 0) is 16.6 Å². The predicted molar refractivity (Wildman–Crippen MR) is 65.2 cm³/mol. The fourth-order valence-electron chi connectivity index (χ4n) is 1.32. The molecule has 0 radical (unpaired) electrons. The van der Waals surface area contributed by atoms with Crippen LogP contribution in [-0.4, -0.2) is 4.21 Å². The van der Waals surface area contributed by atoms with Gasteiger partial charge in [0.25, 0.3) is 0 Å². The lowest BCUT2D eigenvalue weighted by Crippen LogP contribution is -2.02. The summed E-state index contributed by atoms with van der Waals surface area (Å²) in [6, 6.07) is 8.09. The normalized spacial score (nSPS) is 12.6. The van der Waals surface area contributed by atoms with E-state index in [1.54, 1.807) is 18.2 Å². The van der Waals surface area contributed by atoms with Crippen LogP contribution >= 0.6 is 11.3 Å². The maximum Gasteiger partial charge on any atom is 0.129 e. The van der Waals surface area contributed by atoms with Crippen molar-refractivity contribution in [1.82, 2.24) is 0 Å². The second kappa shape index (κ2) is 4.76. The Bertz CT molecular complexity index is 490. The third kappa shape index (κ3) is 2.31. The van der Waals surface area contributed by atoms with Crippen LogP contribution in [0.3, 0.4) is 0 Å². The summed E-state index contributed by atoms with van der Waals surface area (Å²) >= 11 is 1.40. The summed E-state index contributed by atoms with van der Waals surface area (Å²) in [5, 5.41) is 1.85. The van der Waals surface area contributed by atoms with Gasteiger partial charge >= 0.3 is 0 Å². The lowest BCUT2D eigenvalue weighted by Gasteiger charge is -2.05. The second-order valence-corrected chi connectivity index (χ2v) is 5.86. The van der Waals surface area contributed by atoms with E-state index in [0.29, 0.717) is 11.3 Å². The number of nitrogens with two attached hydrogens (primary N) is 1. The number of thiophene rings is 1. The highest BCUT2D eigenvalue weighted by Gasteiger charge is 2.12. The molecule has 1 unspecified atom stereocenters. The van der Waals surface area contributed by atoms with Crippen LogP contribution in [0, 0.1) is 5.82 Å². The molecule has 1 atom stereocenters. The van der Waals surface area contributed by atoms with Gasteiger partial charge in [-0.3, -0.25) is 4.21 Å². The first-order valence-corrected chi connectivity index (χ1v) is 6.83. The highest BCUT2D eigenvalue weighted by Crippen LogP contribution is 2.22. The molecule has 0 saturated carbocycles. The Morgan fingerprint density at radius 1 is 1.31 bits per heavy atom. The van der Waals surface area contributed by atoms with E-state index in [1.165, 1.54) is 17.4 Å². The average Bonchev–Trinajstić information content (AvgIpc) is 2.76. The smallest absolute Gasteiger partial charge is 0.129 e. The van der Waals surface area contributed by atoms with Crippen LogP contribution in [0.5, 0.6) is 0 Å². The predicted octanol–water partition coefficient (Wildman–Crippen LogP) is 2.78. The lowest BCUT2D eigenvalue weighted by atomic mass is 10.2. The summed E-state index contributed by atoms with van der Waals surface area (Å²) in [6.45, 7) is 0. The van der Waals surface area contributed by atoms with Crippen LogP contribution in [0.25, 0.3) is 0 Å². The number of halogens is 1. The molecule has 2 rings (SSSR count). The van der Waals surface area contributed by atoms with E-state index >= 15 is 0 Å². The Hall–Kier alpha value is -1.20. The van der Waals surface area contributed by atoms with Gasteiger partial charge in [-0.1, -0.05) is 12.1 Å². The van der Waals surface area contributed by atoms with Gasteiger partial charge in [0, 0.05) is 11.3 Å². The number of hydrogen-bond acceptors (Lipinski definition) is 3. The van der Waals surface area contributed by atoms with Crippen LogP contribution in [0.1, 0.15) is 5.56 Å². The van der Waals surface area contributed by atoms with Crippen molar-refractivity contribution in [2.75, 3.05) is 5.73 Å². The van der Waals surface area contributed by atoms with Gasteiger partial charge in [0.05, 0.1) is 20.8 Å². The minimum atomic E-state index is -1.23. The molecule has 1 aromatic carbocycles. The first kappa shape index (κ1) is 11.3.